The van der Waals surface area contributed by atoms with E-state index < -0.39 is 148 Å². The average molecular weight is 1230 g/mol. The lowest BCUT2D eigenvalue weighted by Gasteiger charge is -2.29. The Bertz CT molecular complexity index is 2940. The smallest absolute Gasteiger partial charge is 0.407 e. The highest BCUT2D eigenvalue weighted by molar-refractivity contribution is 7.90. The molecule has 2 aromatic rings. The highest BCUT2D eigenvalue weighted by atomic mass is 32.2. The lowest BCUT2D eigenvalue weighted by molar-refractivity contribution is -0.155. The summed E-state index contributed by atoms with van der Waals surface area (Å²) >= 11 is 0. The number of benzene rings is 2. The number of nitrogens with one attached hydrogen (secondary N) is 8. The number of hydrogen-bond donors (Lipinski definition) is 11. The van der Waals surface area contributed by atoms with Crippen molar-refractivity contribution in [1.29, 1.82) is 0 Å². The number of carboxylic acid groups (broad SMARTS) is 2. The number of rotatable bonds is 33. The Hall–Kier alpha value is -8.30. The molecule has 0 radical (unpaired) electrons. The molecule has 1 aliphatic heterocycles. The molecule has 2 aromatic carbocycles. The predicted octanol–water partition coefficient (Wildman–Crippen LogP) is 2.29. The summed E-state index contributed by atoms with van der Waals surface area (Å²) in [5.74, 6) is -9.99. The molecule has 0 aromatic heterocycles. The van der Waals surface area contributed by atoms with Crippen LogP contribution in [0.15, 0.2) is 52.9 Å². The number of sulfonamides is 1. The van der Waals surface area contributed by atoms with Crippen molar-refractivity contribution in [2.24, 2.45) is 16.6 Å². The molecule has 0 saturated heterocycles. The summed E-state index contributed by atoms with van der Waals surface area (Å²) in [6, 6.07) is -1.18. The van der Waals surface area contributed by atoms with Crippen molar-refractivity contribution in [2.45, 2.75) is 193 Å². The van der Waals surface area contributed by atoms with Gasteiger partial charge in [0.1, 0.15) is 59.8 Å². The van der Waals surface area contributed by atoms with Crippen molar-refractivity contribution < 1.29 is 80.8 Å². The van der Waals surface area contributed by atoms with Crippen LogP contribution in [0.1, 0.15) is 135 Å². The predicted molar refractivity (Wildman–Crippen MR) is 316 cm³/mol. The number of fused-ring (bicyclic) bond motifs is 1. The zero-order valence-corrected chi connectivity index (χ0v) is 51.7. The fraction of sp³-hybridized carbons (Fsp3) is 0.569. The first-order valence-corrected chi connectivity index (χ1v) is 29.7. The van der Waals surface area contributed by atoms with Gasteiger partial charge in [0.2, 0.25) is 41.4 Å². The first-order chi connectivity index (χ1) is 40.1. The number of nitrogens with two attached hydrogens (primary N) is 1. The number of nitrogens with zero attached hydrogens (tertiary/aromatic N) is 1. The number of unbranched alkanes of at least 4 members (excludes halogenated alkanes) is 1. The van der Waals surface area contributed by atoms with Crippen molar-refractivity contribution in [3.63, 3.8) is 0 Å². The average Bonchev–Trinajstić information content (AvgIpc) is 1.52. The van der Waals surface area contributed by atoms with Gasteiger partial charge in [-0.25, -0.2) is 22.7 Å². The molecule has 27 nitrogen and oxygen atoms in total. The highest BCUT2D eigenvalue weighted by Crippen LogP contribution is 2.43. The molecule has 7 amide bonds. The fourth-order valence-corrected chi connectivity index (χ4v) is 10.7. The molecule has 1 aliphatic rings. The molecule has 12 N–H and O–H groups in total. The Kier molecular flexibility index (Phi) is 27.5. The van der Waals surface area contributed by atoms with Gasteiger partial charge < -0.3 is 67.4 Å². The number of alkyl carbamates (subject to hydrolysis) is 1. The second kappa shape index (κ2) is 32.8. The van der Waals surface area contributed by atoms with Crippen LogP contribution >= 0.6 is 0 Å². The number of carbonyl (C=O) groups excluding carboxylic acids is 8. The Labute approximate surface area is 502 Å². The van der Waals surface area contributed by atoms with Gasteiger partial charge in [0, 0.05) is 44.8 Å². The van der Waals surface area contributed by atoms with E-state index in [9.17, 15) is 66.6 Å². The van der Waals surface area contributed by atoms with Crippen molar-refractivity contribution in [3.8, 4) is 5.75 Å². The van der Waals surface area contributed by atoms with E-state index >= 15 is 0 Å². The summed E-state index contributed by atoms with van der Waals surface area (Å²) in [6.07, 6.45) is -0.667. The summed E-state index contributed by atoms with van der Waals surface area (Å²) in [6.45, 7) is 21.5. The van der Waals surface area contributed by atoms with Crippen LogP contribution in [0.5, 0.6) is 5.75 Å². The van der Waals surface area contributed by atoms with Gasteiger partial charge in [-0.2, -0.15) is 0 Å². The SMILES string of the molecule is C=CCOC(=O)NCCCC[C@H](NC(C)=O)C(=O)N[C@H](C(=O)N[C@@H](CCC(=O)OC(C)(C)C)C(=O)N[C@@H](CCCN=C(N)NS(=O)(=O)c1c(C)c(C)c2c(c1C)CC(C)(C)O2)C(=O)N[C@@H](Cc1ccccc1)C(=O)N[C@@H](CC(=O)O)C(=O)O)C(C)C. The van der Waals surface area contributed by atoms with Gasteiger partial charge in [-0.3, -0.25) is 43.3 Å². The normalized spacial score (nSPS) is 14.9. The maximum absolute atomic E-state index is 14.7. The Morgan fingerprint density at radius 2 is 1.33 bits per heavy atom. The summed E-state index contributed by atoms with van der Waals surface area (Å²) in [7, 11) is -4.35. The third-order valence-corrected chi connectivity index (χ3v) is 15.1. The molecule has 476 valence electrons. The molecule has 0 spiro atoms. The number of carboxylic acids is 2. The van der Waals surface area contributed by atoms with Crippen LogP contribution in [0.25, 0.3) is 0 Å². The second-order valence-electron chi connectivity index (χ2n) is 22.9. The van der Waals surface area contributed by atoms with Crippen molar-refractivity contribution >= 4 is 75.4 Å². The van der Waals surface area contributed by atoms with Crippen LogP contribution in [0.3, 0.4) is 0 Å². The number of ether oxygens (including phenoxy) is 3. The lowest BCUT2D eigenvalue weighted by atomic mass is 9.94. The highest BCUT2D eigenvalue weighted by Gasteiger charge is 2.38. The minimum atomic E-state index is -4.35. The van der Waals surface area contributed by atoms with Crippen LogP contribution < -0.4 is 52.4 Å². The number of guanidine groups is 1. The molecule has 0 fully saturated rings. The number of aliphatic carboxylic acids is 2. The molecular formula is C58H86N10O17S. The molecule has 1 heterocycles. The number of hydrogen-bond acceptors (Lipinski definition) is 16. The largest absolute Gasteiger partial charge is 0.487 e. The van der Waals surface area contributed by atoms with E-state index in [1.165, 1.54) is 13.0 Å². The zero-order chi connectivity index (χ0) is 64.9. The Balaban J connectivity index is 2.03. The van der Waals surface area contributed by atoms with E-state index in [2.05, 4.69) is 53.5 Å². The first kappa shape index (κ1) is 72.0. The summed E-state index contributed by atoms with van der Waals surface area (Å²) in [5, 5.41) is 36.8. The van der Waals surface area contributed by atoms with Gasteiger partial charge >= 0.3 is 24.0 Å². The van der Waals surface area contributed by atoms with E-state index in [1.54, 1.807) is 85.7 Å². The Morgan fingerprint density at radius 3 is 1.91 bits per heavy atom. The van der Waals surface area contributed by atoms with Crippen LogP contribution in [0.4, 0.5) is 4.79 Å². The summed E-state index contributed by atoms with van der Waals surface area (Å²) < 4.78 is 46.8. The standard InChI is InChI=1S/C58H86N10O17S/c1-13-28-83-56(80)61-26-18-17-22-39(62-36(7)69)51(75)67-46(32(2)3)53(77)64-41(24-25-45(72)84-57(8,9)10)50(74)63-40(49(73)65-42(29-37-20-15-14-16-21-37)52(76)66-43(54(78)79)30-44(70)71)23-19-27-60-55(59)68-86(81,82)48-34(5)33(4)47-38(35(48)6)31-58(11,12)85-47/h13-16,20-21,32,39-43,46H,1,17-19,22-31H2,2-12H3,(H,61,80)(H,62,69)(H,63,74)(H,64,77)(H,65,73)(H,66,76)(H,67,75)(H,70,71)(H,78,79)(H3,59,60,68)/t39-,40-,41-,42-,43-,46-/m0/s1. The van der Waals surface area contributed by atoms with E-state index in [1.807, 2.05) is 13.8 Å². The van der Waals surface area contributed by atoms with Crippen LogP contribution in [0, 0.1) is 26.7 Å². The number of esters is 1. The number of carbonyl (C=O) groups is 10. The van der Waals surface area contributed by atoms with Gasteiger partial charge in [0.25, 0.3) is 10.0 Å². The molecule has 28 heteroatoms. The van der Waals surface area contributed by atoms with E-state index in [0.29, 0.717) is 47.3 Å². The van der Waals surface area contributed by atoms with Crippen LogP contribution in [-0.4, -0.2) is 151 Å². The molecule has 0 unspecified atom stereocenters. The van der Waals surface area contributed by atoms with Gasteiger partial charge in [-0.05, 0) is 122 Å². The quantitative estimate of drug-likeness (QED) is 0.0161. The first-order valence-electron chi connectivity index (χ1n) is 28.2. The monoisotopic (exact) mass is 1230 g/mol. The molecule has 0 aliphatic carbocycles. The number of aliphatic imine (C=N–C) groups is 1. The lowest BCUT2D eigenvalue weighted by Crippen LogP contribution is -2.60. The third-order valence-electron chi connectivity index (χ3n) is 13.4. The van der Waals surface area contributed by atoms with Crippen LogP contribution in [0.2, 0.25) is 0 Å². The fourth-order valence-electron chi connectivity index (χ4n) is 9.22. The minimum absolute atomic E-state index is 0.00103. The number of amides is 7. The van der Waals surface area contributed by atoms with Gasteiger partial charge in [0.05, 0.1) is 11.3 Å². The second-order valence-corrected chi connectivity index (χ2v) is 24.5. The summed E-state index contributed by atoms with van der Waals surface area (Å²) in [5.41, 5.74) is 7.38. The van der Waals surface area contributed by atoms with E-state index in [4.69, 9.17) is 19.9 Å². The van der Waals surface area contributed by atoms with Gasteiger partial charge in [-0.1, -0.05) is 56.8 Å². The van der Waals surface area contributed by atoms with Gasteiger partial charge in [0.15, 0.2) is 0 Å². The molecule has 6 atom stereocenters. The molecule has 86 heavy (non-hydrogen) atoms. The molecule has 0 bridgehead atoms. The Morgan fingerprint density at radius 1 is 0.767 bits per heavy atom. The summed E-state index contributed by atoms with van der Waals surface area (Å²) in [4.78, 5) is 136. The van der Waals surface area contributed by atoms with Crippen molar-refractivity contribution in [2.75, 3.05) is 19.7 Å². The molecule has 3 rings (SSSR count). The van der Waals surface area contributed by atoms with Crippen molar-refractivity contribution in [1.82, 2.24) is 41.9 Å². The maximum Gasteiger partial charge on any atom is 0.407 e. The van der Waals surface area contributed by atoms with Gasteiger partial charge in [-0.15, -0.1) is 0 Å². The molecule has 0 saturated carbocycles. The van der Waals surface area contributed by atoms with E-state index in [0.717, 1.165) is 5.56 Å². The third kappa shape index (κ3) is 23.6. The van der Waals surface area contributed by atoms with E-state index in [-0.39, 0.29) is 50.3 Å². The molecular weight excluding hydrogens is 1140 g/mol. The topological polar surface area (TPSA) is 408 Å². The zero-order valence-electron chi connectivity index (χ0n) is 50.9. The maximum atomic E-state index is 14.7. The van der Waals surface area contributed by atoms with Crippen molar-refractivity contribution in [3.05, 3.63) is 70.8 Å². The van der Waals surface area contributed by atoms with Crippen LogP contribution in [-0.2, 0) is 75.5 Å². The minimum Gasteiger partial charge on any atom is -0.487 e.